The van der Waals surface area contributed by atoms with Gasteiger partial charge in [-0.15, -0.1) is 0 Å². The highest BCUT2D eigenvalue weighted by atomic mass is 16.6. The van der Waals surface area contributed by atoms with Gasteiger partial charge in [0.2, 0.25) is 0 Å². The summed E-state index contributed by atoms with van der Waals surface area (Å²) in [6.45, 7) is 5.85. The maximum absolute atomic E-state index is 12.4. The number of ether oxygens (including phenoxy) is 2. The molecule has 2 amide bonds. The van der Waals surface area contributed by atoms with Crippen LogP contribution in [0.5, 0.6) is 0 Å². The quantitative estimate of drug-likeness (QED) is 0.316. The highest BCUT2D eigenvalue weighted by molar-refractivity contribution is 6.02. The number of carbonyl (C=O) groups is 4. The van der Waals surface area contributed by atoms with Gasteiger partial charge in [0.15, 0.2) is 11.6 Å². The summed E-state index contributed by atoms with van der Waals surface area (Å²) in [6, 6.07) is 13.1. The van der Waals surface area contributed by atoms with Crippen molar-refractivity contribution in [1.82, 2.24) is 10.6 Å². The van der Waals surface area contributed by atoms with E-state index < -0.39 is 23.4 Å². The van der Waals surface area contributed by atoms with Crippen molar-refractivity contribution in [2.45, 2.75) is 83.5 Å². The molecule has 4 unspecified atom stereocenters. The van der Waals surface area contributed by atoms with Gasteiger partial charge in [-0.1, -0.05) is 48.5 Å². The Morgan fingerprint density at radius 2 is 1.00 bits per heavy atom. The van der Waals surface area contributed by atoms with Crippen LogP contribution in [0.15, 0.2) is 48.5 Å². The topological polar surface area (TPSA) is 151 Å². The predicted octanol–water partition coefficient (Wildman–Crippen LogP) is 3.91. The van der Waals surface area contributed by atoms with E-state index in [0.29, 0.717) is 11.1 Å². The maximum Gasteiger partial charge on any atom is 0.407 e. The molecule has 0 radical (unpaired) electrons. The van der Waals surface area contributed by atoms with Crippen LogP contribution in [-0.2, 0) is 22.7 Å². The Morgan fingerprint density at radius 3 is 1.29 bits per heavy atom. The van der Waals surface area contributed by atoms with E-state index >= 15 is 0 Å². The monoisotopic (exact) mass is 566 g/mol. The van der Waals surface area contributed by atoms with E-state index in [2.05, 4.69) is 10.6 Å². The van der Waals surface area contributed by atoms with Crippen LogP contribution in [0.1, 0.15) is 78.8 Å². The third kappa shape index (κ3) is 7.71. The number of benzene rings is 2. The molecule has 10 heteroatoms. The average molecular weight is 567 g/mol. The molecule has 2 aromatic rings. The summed E-state index contributed by atoms with van der Waals surface area (Å²) in [5.74, 6) is -0.308. The lowest BCUT2D eigenvalue weighted by Gasteiger charge is -2.28. The average Bonchev–Trinajstić information content (AvgIpc) is 3.49. The Labute approximate surface area is 239 Å². The van der Waals surface area contributed by atoms with Crippen LogP contribution in [0.2, 0.25) is 0 Å². The van der Waals surface area contributed by atoms with Crippen LogP contribution in [0.25, 0.3) is 0 Å². The van der Waals surface area contributed by atoms with Gasteiger partial charge in [-0.3, -0.25) is 9.59 Å². The van der Waals surface area contributed by atoms with Crippen LogP contribution in [0.4, 0.5) is 9.59 Å². The number of hydrogen-bond donors (Lipinski definition) is 4. The van der Waals surface area contributed by atoms with Gasteiger partial charge in [-0.25, -0.2) is 9.59 Å². The molecule has 4 N–H and O–H groups in total. The molecule has 0 aliphatic heterocycles. The molecule has 2 aliphatic rings. The van der Waals surface area contributed by atoms with Crippen LogP contribution >= 0.6 is 0 Å². The smallest absolute Gasteiger partial charge is 0.407 e. The molecule has 220 valence electrons. The highest BCUT2D eigenvalue weighted by Gasteiger charge is 2.47. The summed E-state index contributed by atoms with van der Waals surface area (Å²) >= 11 is 0. The van der Waals surface area contributed by atoms with Crippen molar-refractivity contribution in [2.75, 3.05) is 0 Å². The van der Waals surface area contributed by atoms with Gasteiger partial charge in [-0.05, 0) is 69.9 Å². The van der Waals surface area contributed by atoms with Gasteiger partial charge in [-0.2, -0.15) is 0 Å². The van der Waals surface area contributed by atoms with Gasteiger partial charge in [0.25, 0.3) is 0 Å². The van der Waals surface area contributed by atoms with Crippen LogP contribution in [0.3, 0.4) is 0 Å². The first-order chi connectivity index (χ1) is 19.2. The second kappa shape index (κ2) is 12.0. The summed E-state index contributed by atoms with van der Waals surface area (Å²) in [5, 5.41) is 25.6. The molecule has 2 fully saturated rings. The summed E-state index contributed by atoms with van der Waals surface area (Å²) in [7, 11) is 0. The Hall–Kier alpha value is -3.76. The molecule has 10 nitrogen and oxygen atoms in total. The normalized spacial score (nSPS) is 21.7. The van der Waals surface area contributed by atoms with Gasteiger partial charge in [0.1, 0.15) is 24.4 Å². The van der Waals surface area contributed by atoms with Crippen molar-refractivity contribution < 1.29 is 38.9 Å². The van der Waals surface area contributed by atoms with E-state index in [1.807, 2.05) is 0 Å². The van der Waals surface area contributed by atoms with Crippen LogP contribution < -0.4 is 10.6 Å². The first kappa shape index (κ1) is 30.2. The number of alkyl carbamates (subject to hydrolysis) is 2. The van der Waals surface area contributed by atoms with E-state index in [-0.39, 0.29) is 48.7 Å². The lowest BCUT2D eigenvalue weighted by atomic mass is 9.91. The van der Waals surface area contributed by atoms with Gasteiger partial charge < -0.3 is 30.3 Å². The van der Waals surface area contributed by atoms with Crippen LogP contribution in [-0.4, -0.2) is 57.3 Å². The number of rotatable bonds is 10. The summed E-state index contributed by atoms with van der Waals surface area (Å²) in [4.78, 5) is 49.1. The number of ketones is 2. The molecule has 2 aromatic carbocycles. The molecular weight excluding hydrogens is 528 g/mol. The van der Waals surface area contributed by atoms with Gasteiger partial charge in [0, 0.05) is 23.2 Å². The molecule has 4 rings (SSSR count). The largest absolute Gasteiger partial charge is 0.445 e. The minimum atomic E-state index is -1.46. The molecule has 4 atom stereocenters. The second-order valence-electron chi connectivity index (χ2n) is 12.1. The van der Waals surface area contributed by atoms with Gasteiger partial charge >= 0.3 is 12.2 Å². The summed E-state index contributed by atoms with van der Waals surface area (Å²) in [6.07, 6.45) is 1.32. The fourth-order valence-electron chi connectivity index (χ4n) is 5.52. The third-order valence-corrected chi connectivity index (χ3v) is 7.75. The Kier molecular flexibility index (Phi) is 8.84. The lowest BCUT2D eigenvalue weighted by Crippen LogP contribution is -2.45. The van der Waals surface area contributed by atoms with E-state index in [9.17, 15) is 29.4 Å². The number of carbonyl (C=O) groups excluding carboxylic acids is 4. The first-order valence-corrected chi connectivity index (χ1v) is 13.8. The molecule has 0 spiro atoms. The number of fused-ring (bicyclic) bond motifs is 2. The van der Waals surface area contributed by atoms with Crippen LogP contribution in [0, 0.1) is 11.8 Å². The fraction of sp³-hybridized carbons (Fsp3) is 0.484. The molecule has 0 aromatic heterocycles. The van der Waals surface area contributed by atoms with E-state index in [1.54, 1.807) is 48.5 Å². The van der Waals surface area contributed by atoms with Crippen molar-refractivity contribution in [3.05, 3.63) is 70.8 Å². The number of nitrogens with one attached hydrogen (secondary N) is 2. The molecule has 2 bridgehead atoms. The predicted molar refractivity (Wildman–Crippen MR) is 149 cm³/mol. The third-order valence-electron chi connectivity index (χ3n) is 7.75. The Bertz CT molecular complexity index is 1180. The lowest BCUT2D eigenvalue weighted by molar-refractivity contribution is 0.0487. The standard InChI is InChI=1S/C31H38N2O8/c1-30(2,38)26(34)20-9-5-18(6-10-20)16-40-28(36)32-24-14-23-13-22(24)15-25(23)33-29(37)41-17-19-7-11-21(12-8-19)27(35)31(3,4)39/h5-12,22-25,38-39H,13-17H2,1-4H3,(H,32,36)(H,33,37). The second-order valence-corrected chi connectivity index (χ2v) is 12.1. The molecule has 0 saturated heterocycles. The van der Waals surface area contributed by atoms with Gasteiger partial charge in [0.05, 0.1) is 0 Å². The zero-order valence-corrected chi connectivity index (χ0v) is 23.8. The first-order valence-electron chi connectivity index (χ1n) is 13.8. The van der Waals surface area contributed by atoms with E-state index in [4.69, 9.17) is 9.47 Å². The fourth-order valence-corrected chi connectivity index (χ4v) is 5.52. The minimum absolute atomic E-state index is 0.0292. The number of amides is 2. The van der Waals surface area contributed by atoms with Crippen molar-refractivity contribution in [3.8, 4) is 0 Å². The molecular formula is C31H38N2O8. The maximum atomic E-state index is 12.4. The zero-order chi connectivity index (χ0) is 29.9. The Morgan fingerprint density at radius 1 is 0.659 bits per heavy atom. The highest BCUT2D eigenvalue weighted by Crippen LogP contribution is 2.44. The SMILES string of the molecule is CC(C)(O)C(=O)c1ccc(COC(=O)NC2CC3CC2CC3NC(=O)OCc2ccc(C(=O)C(C)(C)O)cc2)cc1. The number of aliphatic hydroxyl groups is 2. The minimum Gasteiger partial charge on any atom is -0.445 e. The van der Waals surface area contributed by atoms with Crippen molar-refractivity contribution in [1.29, 1.82) is 0 Å². The summed E-state index contributed by atoms with van der Waals surface area (Å²) in [5.41, 5.74) is -0.695. The Balaban J connectivity index is 1.16. The number of hydrogen-bond acceptors (Lipinski definition) is 8. The number of Topliss-reactive ketones (excluding diaryl/α,β-unsaturated/α-hetero) is 2. The molecule has 0 heterocycles. The van der Waals surface area contributed by atoms with Crippen molar-refractivity contribution in [2.24, 2.45) is 11.8 Å². The molecule has 2 saturated carbocycles. The zero-order valence-electron chi connectivity index (χ0n) is 23.8. The van der Waals surface area contributed by atoms with Crippen molar-refractivity contribution >= 4 is 23.8 Å². The van der Waals surface area contributed by atoms with Crippen molar-refractivity contribution in [3.63, 3.8) is 0 Å². The molecule has 41 heavy (non-hydrogen) atoms. The van der Waals surface area contributed by atoms with E-state index in [1.165, 1.54) is 27.7 Å². The molecule has 2 aliphatic carbocycles. The summed E-state index contributed by atoms with van der Waals surface area (Å²) < 4.78 is 10.7. The van der Waals surface area contributed by atoms with E-state index in [0.717, 1.165) is 30.4 Å².